The molecule has 2 aromatic heterocycles. The highest BCUT2D eigenvalue weighted by Crippen LogP contribution is 2.34. The molecule has 2 aromatic carbocycles. The monoisotopic (exact) mass is 408 g/mol. The van der Waals surface area contributed by atoms with Crippen LogP contribution in [0.1, 0.15) is 5.56 Å². The van der Waals surface area contributed by atoms with E-state index in [0.717, 1.165) is 43.8 Å². The number of aromatic nitrogens is 3. The van der Waals surface area contributed by atoms with Gasteiger partial charge in [-0.2, -0.15) is 5.10 Å². The van der Waals surface area contributed by atoms with Crippen LogP contribution in [-0.2, 0) is 0 Å². The highest BCUT2D eigenvalue weighted by molar-refractivity contribution is 9.10. The van der Waals surface area contributed by atoms with Crippen molar-refractivity contribution in [3.63, 3.8) is 0 Å². The van der Waals surface area contributed by atoms with Gasteiger partial charge in [0.25, 0.3) is 0 Å². The maximum absolute atomic E-state index is 5.37. The summed E-state index contributed by atoms with van der Waals surface area (Å²) in [4.78, 5) is 4.45. The fourth-order valence-corrected chi connectivity index (χ4v) is 3.46. The summed E-state index contributed by atoms with van der Waals surface area (Å²) < 4.78 is 8.11. The van der Waals surface area contributed by atoms with E-state index in [-0.39, 0.29) is 0 Å². The summed E-state index contributed by atoms with van der Waals surface area (Å²) in [7, 11) is 1.65. The van der Waals surface area contributed by atoms with Gasteiger partial charge in [0.05, 0.1) is 22.8 Å². The van der Waals surface area contributed by atoms with Crippen molar-refractivity contribution >= 4 is 38.2 Å². The van der Waals surface area contributed by atoms with Gasteiger partial charge in [-0.3, -0.25) is 4.98 Å². The zero-order valence-corrected chi connectivity index (χ0v) is 16.0. The number of anilines is 2. The SMILES string of the molecule is COc1cc2nccc(Nc3cc(C)cc(-n4cccn4)c3)c2cc1Br. The maximum atomic E-state index is 5.37. The van der Waals surface area contributed by atoms with E-state index in [0.29, 0.717) is 0 Å². The molecular formula is C20H17BrN4O. The lowest BCUT2D eigenvalue weighted by atomic mass is 10.1. The van der Waals surface area contributed by atoms with E-state index in [1.54, 1.807) is 19.5 Å². The molecule has 4 rings (SSSR count). The van der Waals surface area contributed by atoms with Gasteiger partial charge in [-0.1, -0.05) is 0 Å². The Labute approximate surface area is 159 Å². The summed E-state index contributed by atoms with van der Waals surface area (Å²) in [5, 5.41) is 8.84. The highest BCUT2D eigenvalue weighted by Gasteiger charge is 2.09. The third-order valence-corrected chi connectivity index (χ3v) is 4.74. The quantitative estimate of drug-likeness (QED) is 0.501. The van der Waals surface area contributed by atoms with Crippen molar-refractivity contribution in [3.8, 4) is 11.4 Å². The first-order chi connectivity index (χ1) is 12.6. The number of hydrogen-bond donors (Lipinski definition) is 1. The molecule has 26 heavy (non-hydrogen) atoms. The Morgan fingerprint density at radius 1 is 1.12 bits per heavy atom. The van der Waals surface area contributed by atoms with Gasteiger partial charge in [0.2, 0.25) is 0 Å². The van der Waals surface area contributed by atoms with Gasteiger partial charge < -0.3 is 10.1 Å². The zero-order chi connectivity index (χ0) is 18.1. The highest BCUT2D eigenvalue weighted by atomic mass is 79.9. The van der Waals surface area contributed by atoms with Crippen LogP contribution in [0.15, 0.2) is 65.5 Å². The molecule has 6 heteroatoms. The van der Waals surface area contributed by atoms with Crippen molar-refractivity contribution in [2.24, 2.45) is 0 Å². The number of halogens is 1. The molecule has 130 valence electrons. The van der Waals surface area contributed by atoms with E-state index in [2.05, 4.69) is 56.5 Å². The summed E-state index contributed by atoms with van der Waals surface area (Å²) in [5.41, 5.74) is 5.01. The lowest BCUT2D eigenvalue weighted by Crippen LogP contribution is -1.98. The second kappa shape index (κ2) is 6.80. The molecule has 1 N–H and O–H groups in total. The number of benzene rings is 2. The van der Waals surface area contributed by atoms with E-state index < -0.39 is 0 Å². The van der Waals surface area contributed by atoms with E-state index >= 15 is 0 Å². The lowest BCUT2D eigenvalue weighted by Gasteiger charge is -2.13. The number of rotatable bonds is 4. The first-order valence-electron chi connectivity index (χ1n) is 8.15. The topological polar surface area (TPSA) is 52.0 Å². The Morgan fingerprint density at radius 2 is 2.00 bits per heavy atom. The van der Waals surface area contributed by atoms with Crippen LogP contribution in [0.4, 0.5) is 11.4 Å². The number of pyridine rings is 1. The summed E-state index contributed by atoms with van der Waals surface area (Å²) >= 11 is 3.55. The van der Waals surface area contributed by atoms with Gasteiger partial charge in [0.15, 0.2) is 0 Å². The molecule has 5 nitrogen and oxygen atoms in total. The average Bonchev–Trinajstić information content (AvgIpc) is 3.16. The van der Waals surface area contributed by atoms with Gasteiger partial charge in [-0.05, 0) is 64.8 Å². The Morgan fingerprint density at radius 3 is 2.77 bits per heavy atom. The fraction of sp³-hybridized carbons (Fsp3) is 0.100. The zero-order valence-electron chi connectivity index (χ0n) is 14.4. The van der Waals surface area contributed by atoms with Gasteiger partial charge in [-0.15, -0.1) is 0 Å². The predicted molar refractivity (Wildman–Crippen MR) is 108 cm³/mol. The average molecular weight is 409 g/mol. The number of fused-ring (bicyclic) bond motifs is 1. The first-order valence-corrected chi connectivity index (χ1v) is 8.94. The molecule has 0 saturated carbocycles. The van der Waals surface area contributed by atoms with E-state index in [4.69, 9.17) is 4.74 Å². The van der Waals surface area contributed by atoms with Crippen molar-refractivity contribution in [1.29, 1.82) is 0 Å². The first kappa shape index (κ1) is 16.6. The van der Waals surface area contributed by atoms with Crippen molar-refractivity contribution < 1.29 is 4.74 Å². The molecule has 2 heterocycles. The Bertz CT molecular complexity index is 1080. The van der Waals surface area contributed by atoms with Crippen LogP contribution in [-0.4, -0.2) is 21.9 Å². The predicted octanol–water partition coefficient (Wildman–Crippen LogP) is 5.24. The molecule has 0 aliphatic rings. The molecule has 0 aliphatic carbocycles. The van der Waals surface area contributed by atoms with E-state index in [9.17, 15) is 0 Å². The standard InChI is InChI=1S/C20H17BrN4O/c1-13-8-14(10-15(9-13)25-7-3-5-23-25)24-18-4-6-22-19-12-20(26-2)17(21)11-16(18)19/h3-12H,1-2H3,(H,22,24). The second-order valence-electron chi connectivity index (χ2n) is 6.00. The third-order valence-electron chi connectivity index (χ3n) is 4.13. The van der Waals surface area contributed by atoms with Crippen LogP contribution in [0.3, 0.4) is 0 Å². The molecule has 0 spiro atoms. The minimum Gasteiger partial charge on any atom is -0.495 e. The molecule has 0 bridgehead atoms. The number of nitrogens with zero attached hydrogens (tertiary/aromatic N) is 3. The summed E-state index contributed by atoms with van der Waals surface area (Å²) in [6.45, 7) is 2.07. The van der Waals surface area contributed by atoms with Crippen LogP contribution in [0.2, 0.25) is 0 Å². The van der Waals surface area contributed by atoms with Gasteiger partial charge in [-0.25, -0.2) is 4.68 Å². The van der Waals surface area contributed by atoms with Crippen molar-refractivity contribution in [3.05, 3.63) is 71.1 Å². The number of aryl methyl sites for hydroxylation is 1. The summed E-state index contributed by atoms with van der Waals surface area (Å²) in [6.07, 6.45) is 5.50. The minimum atomic E-state index is 0.763. The minimum absolute atomic E-state index is 0.763. The number of ether oxygens (including phenoxy) is 1. The number of hydrogen-bond acceptors (Lipinski definition) is 4. The largest absolute Gasteiger partial charge is 0.495 e. The molecule has 0 saturated heterocycles. The summed E-state index contributed by atoms with van der Waals surface area (Å²) in [5.74, 6) is 0.763. The molecule has 4 aromatic rings. The van der Waals surface area contributed by atoms with Crippen molar-refractivity contribution in [1.82, 2.24) is 14.8 Å². The molecule has 0 unspecified atom stereocenters. The molecule has 0 amide bonds. The second-order valence-corrected chi connectivity index (χ2v) is 6.85. The third kappa shape index (κ3) is 3.15. The van der Waals surface area contributed by atoms with Gasteiger partial charge in [0, 0.05) is 41.4 Å². The molecular weight excluding hydrogens is 392 g/mol. The normalized spacial score (nSPS) is 10.9. The van der Waals surface area contributed by atoms with Crippen LogP contribution < -0.4 is 10.1 Å². The maximum Gasteiger partial charge on any atom is 0.135 e. The molecule has 0 atom stereocenters. The van der Waals surface area contributed by atoms with Crippen molar-refractivity contribution in [2.45, 2.75) is 6.92 Å². The van der Waals surface area contributed by atoms with Gasteiger partial charge >= 0.3 is 0 Å². The van der Waals surface area contributed by atoms with Gasteiger partial charge in [0.1, 0.15) is 5.75 Å². The lowest BCUT2D eigenvalue weighted by molar-refractivity contribution is 0.412. The van der Waals surface area contributed by atoms with E-state index in [1.165, 1.54) is 0 Å². The number of nitrogens with one attached hydrogen (secondary N) is 1. The van der Waals surface area contributed by atoms with Crippen LogP contribution in [0, 0.1) is 6.92 Å². The molecule has 0 radical (unpaired) electrons. The Hall–Kier alpha value is -2.86. The van der Waals surface area contributed by atoms with Crippen LogP contribution in [0.5, 0.6) is 5.75 Å². The van der Waals surface area contributed by atoms with Crippen molar-refractivity contribution in [2.75, 3.05) is 12.4 Å². The smallest absolute Gasteiger partial charge is 0.135 e. The van der Waals surface area contributed by atoms with E-state index in [1.807, 2.05) is 35.1 Å². The fourth-order valence-electron chi connectivity index (χ4n) is 2.96. The summed E-state index contributed by atoms with van der Waals surface area (Å²) in [6, 6.07) is 14.1. The Kier molecular flexibility index (Phi) is 4.34. The molecule has 0 fully saturated rings. The molecule has 0 aliphatic heterocycles. The Balaban J connectivity index is 1.77. The van der Waals surface area contributed by atoms with Crippen LogP contribution in [0.25, 0.3) is 16.6 Å². The number of methoxy groups -OCH3 is 1. The van der Waals surface area contributed by atoms with Crippen LogP contribution >= 0.6 is 15.9 Å².